The summed E-state index contributed by atoms with van der Waals surface area (Å²) in [4.78, 5) is 4.08. The van der Waals surface area contributed by atoms with Crippen LogP contribution in [-0.4, -0.2) is 12.1 Å². The molecule has 0 atom stereocenters. The van der Waals surface area contributed by atoms with E-state index in [0.717, 1.165) is 11.3 Å². The van der Waals surface area contributed by atoms with Gasteiger partial charge in [0.05, 0.1) is 7.11 Å². The van der Waals surface area contributed by atoms with Crippen LogP contribution in [0.15, 0.2) is 6.07 Å². The predicted molar refractivity (Wildman–Crippen MR) is 56.3 cm³/mol. The van der Waals surface area contributed by atoms with Gasteiger partial charge in [0, 0.05) is 5.69 Å². The quantitative estimate of drug-likeness (QED) is 0.687. The largest absolute Gasteiger partial charge is 0.480 e. The smallest absolute Gasteiger partial charge is 0.231 e. The van der Waals surface area contributed by atoms with Gasteiger partial charge in [0.2, 0.25) is 5.88 Å². The van der Waals surface area contributed by atoms with Crippen molar-refractivity contribution in [3.05, 3.63) is 22.9 Å². The number of hydrogen-bond donors (Lipinski definition) is 0. The van der Waals surface area contributed by atoms with Gasteiger partial charge in [0.15, 0.2) is 0 Å². The minimum absolute atomic E-state index is 0.412. The molecule has 14 heavy (non-hydrogen) atoms. The molecule has 0 bridgehead atoms. The topological polar surface area (TPSA) is 45.9 Å². The maximum atomic E-state index is 8.75. The molecule has 0 unspecified atom stereocenters. The molecule has 0 radical (unpaired) electrons. The van der Waals surface area contributed by atoms with Gasteiger partial charge in [-0.1, -0.05) is 13.8 Å². The summed E-state index contributed by atoms with van der Waals surface area (Å²) in [5, 5.41) is 8.75. The van der Waals surface area contributed by atoms with Crippen LogP contribution in [0, 0.1) is 25.2 Å². The molecule has 1 heterocycles. The van der Waals surface area contributed by atoms with Crippen molar-refractivity contribution in [1.82, 2.24) is 4.98 Å². The zero-order chi connectivity index (χ0) is 11.1. The van der Waals surface area contributed by atoms with Gasteiger partial charge < -0.3 is 4.74 Å². The lowest BCUT2D eigenvalue weighted by molar-refractivity contribution is 0.395. The Bertz CT molecular complexity index is 340. The Hall–Kier alpha value is -1.56. The summed E-state index contributed by atoms with van der Waals surface area (Å²) in [5.74, 6) is 0.412. The van der Waals surface area contributed by atoms with Gasteiger partial charge in [-0.25, -0.2) is 4.98 Å². The van der Waals surface area contributed by atoms with E-state index in [9.17, 15) is 0 Å². The van der Waals surface area contributed by atoms with E-state index in [1.807, 2.05) is 33.8 Å². The van der Waals surface area contributed by atoms with Crippen LogP contribution in [0.5, 0.6) is 5.88 Å². The maximum Gasteiger partial charge on any atom is 0.231 e. The van der Waals surface area contributed by atoms with Crippen molar-refractivity contribution in [3.63, 3.8) is 0 Å². The van der Waals surface area contributed by atoms with Crippen molar-refractivity contribution in [3.8, 4) is 11.9 Å². The van der Waals surface area contributed by atoms with E-state index < -0.39 is 0 Å². The third kappa shape index (κ3) is 2.74. The molecule has 0 saturated carbocycles. The fourth-order valence-electron chi connectivity index (χ4n) is 1.09. The molecule has 0 spiro atoms. The average molecular weight is 192 g/mol. The molecule has 1 aromatic rings. The minimum atomic E-state index is 0.412. The summed E-state index contributed by atoms with van der Waals surface area (Å²) in [6.07, 6.45) is 0. The summed E-state index contributed by atoms with van der Waals surface area (Å²) < 4.78 is 4.96. The van der Waals surface area contributed by atoms with Gasteiger partial charge in [-0.2, -0.15) is 5.26 Å². The number of ether oxygens (including phenoxy) is 1. The van der Waals surface area contributed by atoms with Crippen LogP contribution in [-0.2, 0) is 0 Å². The molecule has 3 nitrogen and oxygen atoms in total. The second-order valence-corrected chi connectivity index (χ2v) is 2.58. The first-order valence-corrected chi connectivity index (χ1v) is 4.61. The van der Waals surface area contributed by atoms with E-state index in [2.05, 4.69) is 11.1 Å². The molecule has 0 N–H and O–H groups in total. The molecule has 0 saturated heterocycles. The standard InChI is InChI=1S/C9H10N2O.C2H6/c1-6-4-7(2)11-9(12-3)8(6)5-10;1-2/h4H,1-3H3;1-2H3. The number of pyridine rings is 1. The number of aryl methyl sites for hydroxylation is 2. The third-order valence-electron chi connectivity index (χ3n) is 1.62. The van der Waals surface area contributed by atoms with Crippen LogP contribution in [0.4, 0.5) is 0 Å². The zero-order valence-corrected chi connectivity index (χ0v) is 9.38. The Labute approximate surface area is 85.4 Å². The molecule has 0 fully saturated rings. The molecule has 0 aliphatic heterocycles. The highest BCUT2D eigenvalue weighted by molar-refractivity contribution is 5.44. The Morgan fingerprint density at radius 1 is 1.36 bits per heavy atom. The fraction of sp³-hybridized carbons (Fsp3) is 0.455. The van der Waals surface area contributed by atoms with Crippen molar-refractivity contribution < 1.29 is 4.74 Å². The first-order chi connectivity index (χ1) is 6.69. The number of nitriles is 1. The van der Waals surface area contributed by atoms with Crippen LogP contribution in [0.1, 0.15) is 30.7 Å². The molecule has 1 rings (SSSR count). The zero-order valence-electron chi connectivity index (χ0n) is 9.38. The third-order valence-corrected chi connectivity index (χ3v) is 1.62. The second-order valence-electron chi connectivity index (χ2n) is 2.58. The summed E-state index contributed by atoms with van der Waals surface area (Å²) in [6, 6.07) is 3.92. The number of hydrogen-bond acceptors (Lipinski definition) is 3. The molecular formula is C11H16N2O. The highest BCUT2D eigenvalue weighted by atomic mass is 16.5. The lowest BCUT2D eigenvalue weighted by Gasteiger charge is -2.04. The molecule has 0 aromatic carbocycles. The van der Waals surface area contributed by atoms with E-state index in [1.54, 1.807) is 0 Å². The maximum absolute atomic E-state index is 8.75. The van der Waals surface area contributed by atoms with Crippen molar-refractivity contribution in [2.45, 2.75) is 27.7 Å². The molecule has 76 valence electrons. The average Bonchev–Trinajstić information content (AvgIpc) is 2.19. The lowest BCUT2D eigenvalue weighted by atomic mass is 10.1. The summed E-state index contributed by atoms with van der Waals surface area (Å²) >= 11 is 0. The normalized spacial score (nSPS) is 8.29. The molecule has 0 amide bonds. The number of methoxy groups -OCH3 is 1. The van der Waals surface area contributed by atoms with Crippen molar-refractivity contribution >= 4 is 0 Å². The van der Waals surface area contributed by atoms with Gasteiger partial charge in [-0.05, 0) is 25.5 Å². The van der Waals surface area contributed by atoms with Crippen LogP contribution >= 0.6 is 0 Å². The lowest BCUT2D eigenvalue weighted by Crippen LogP contribution is -1.96. The van der Waals surface area contributed by atoms with Crippen molar-refractivity contribution in [2.24, 2.45) is 0 Å². The summed E-state index contributed by atoms with van der Waals surface area (Å²) in [5.41, 5.74) is 2.29. The molecule has 0 aliphatic carbocycles. The molecule has 0 aliphatic rings. The van der Waals surface area contributed by atoms with Crippen molar-refractivity contribution in [2.75, 3.05) is 7.11 Å². The second kappa shape index (κ2) is 5.98. The number of rotatable bonds is 1. The first kappa shape index (κ1) is 12.4. The fourth-order valence-corrected chi connectivity index (χ4v) is 1.09. The van der Waals surface area contributed by atoms with E-state index in [4.69, 9.17) is 10.00 Å². The van der Waals surface area contributed by atoms with Gasteiger partial charge in [-0.3, -0.25) is 0 Å². The Morgan fingerprint density at radius 2 is 1.93 bits per heavy atom. The number of aromatic nitrogens is 1. The van der Waals surface area contributed by atoms with Gasteiger partial charge in [0.1, 0.15) is 11.6 Å². The highest BCUT2D eigenvalue weighted by Crippen LogP contribution is 2.18. The van der Waals surface area contributed by atoms with Crippen LogP contribution in [0.3, 0.4) is 0 Å². The minimum Gasteiger partial charge on any atom is -0.480 e. The Balaban J connectivity index is 0.000000791. The van der Waals surface area contributed by atoms with Crippen molar-refractivity contribution in [1.29, 1.82) is 5.26 Å². The SMILES string of the molecule is CC.COc1nc(C)cc(C)c1C#N. The summed E-state index contributed by atoms with van der Waals surface area (Å²) in [7, 11) is 1.52. The van der Waals surface area contributed by atoms with Crippen LogP contribution in [0.2, 0.25) is 0 Å². The van der Waals surface area contributed by atoms with Gasteiger partial charge >= 0.3 is 0 Å². The van der Waals surface area contributed by atoms with E-state index in [0.29, 0.717) is 11.4 Å². The highest BCUT2D eigenvalue weighted by Gasteiger charge is 2.07. The first-order valence-electron chi connectivity index (χ1n) is 4.61. The molecular weight excluding hydrogens is 176 g/mol. The summed E-state index contributed by atoms with van der Waals surface area (Å²) in [6.45, 7) is 7.74. The van der Waals surface area contributed by atoms with E-state index >= 15 is 0 Å². The monoisotopic (exact) mass is 192 g/mol. The number of nitrogens with zero attached hydrogens (tertiary/aromatic N) is 2. The Kier molecular flexibility index (Phi) is 5.31. The predicted octanol–water partition coefficient (Wildman–Crippen LogP) is 2.60. The van der Waals surface area contributed by atoms with Gasteiger partial charge in [-0.15, -0.1) is 0 Å². The Morgan fingerprint density at radius 3 is 2.36 bits per heavy atom. The van der Waals surface area contributed by atoms with Crippen LogP contribution < -0.4 is 4.74 Å². The molecule has 1 aromatic heterocycles. The van der Waals surface area contributed by atoms with E-state index in [1.165, 1.54) is 7.11 Å². The molecule has 3 heteroatoms. The van der Waals surface area contributed by atoms with E-state index in [-0.39, 0.29) is 0 Å². The van der Waals surface area contributed by atoms with Gasteiger partial charge in [0.25, 0.3) is 0 Å². The van der Waals surface area contributed by atoms with Crippen LogP contribution in [0.25, 0.3) is 0 Å².